The predicted octanol–water partition coefficient (Wildman–Crippen LogP) is 3.33. The molecule has 1 N–H and O–H groups in total. The number of rotatable bonds is 6. The average molecular weight is 401 g/mol. The minimum atomic E-state index is -0.499. The third-order valence-electron chi connectivity index (χ3n) is 4.87. The van der Waals surface area contributed by atoms with Gasteiger partial charge in [-0.25, -0.2) is 9.78 Å². The molecule has 8 heteroatoms. The number of ketones is 1. The number of Topliss-reactive ketones (excluding diaryl/α,β-unsaturated/α-hetero) is 1. The van der Waals surface area contributed by atoms with Gasteiger partial charge in [-0.1, -0.05) is 6.92 Å². The Hall–Kier alpha value is -2.74. The first-order chi connectivity index (χ1) is 13.3. The molecule has 0 aliphatic rings. The van der Waals surface area contributed by atoms with Crippen molar-refractivity contribution in [3.05, 3.63) is 49.6 Å². The fourth-order valence-corrected chi connectivity index (χ4v) is 4.58. The number of fused-ring (bicyclic) bond motifs is 1. The first kappa shape index (κ1) is 20.0. The van der Waals surface area contributed by atoms with Gasteiger partial charge in [-0.3, -0.25) is 9.59 Å². The number of methoxy groups -OCH3 is 1. The smallest absolute Gasteiger partial charge is 0.348 e. The van der Waals surface area contributed by atoms with Crippen molar-refractivity contribution in [1.82, 2.24) is 14.5 Å². The van der Waals surface area contributed by atoms with Crippen molar-refractivity contribution in [1.29, 1.82) is 0 Å². The molecule has 0 spiro atoms. The lowest BCUT2D eigenvalue weighted by atomic mass is 10.1. The molecule has 0 saturated carbocycles. The fourth-order valence-electron chi connectivity index (χ4n) is 3.46. The highest BCUT2D eigenvalue weighted by molar-refractivity contribution is 7.20. The summed E-state index contributed by atoms with van der Waals surface area (Å²) in [5.74, 6) is -0.305. The fraction of sp³-hybridized carbons (Fsp3) is 0.400. The van der Waals surface area contributed by atoms with E-state index in [4.69, 9.17) is 4.74 Å². The third-order valence-corrected chi connectivity index (χ3v) is 6.04. The maximum absolute atomic E-state index is 12.8. The molecule has 0 aliphatic heterocycles. The van der Waals surface area contributed by atoms with E-state index in [1.54, 1.807) is 6.92 Å². The molecule has 0 atom stereocenters. The molecule has 0 aromatic carbocycles. The highest BCUT2D eigenvalue weighted by Crippen LogP contribution is 2.27. The molecule has 0 bridgehead atoms. The zero-order chi connectivity index (χ0) is 20.6. The molecular weight excluding hydrogens is 378 g/mol. The van der Waals surface area contributed by atoms with Crippen LogP contribution >= 0.6 is 11.3 Å². The summed E-state index contributed by atoms with van der Waals surface area (Å²) in [5.41, 5.74) is 2.80. The molecule has 0 unspecified atom stereocenters. The normalized spacial score (nSPS) is 11.2. The van der Waals surface area contributed by atoms with Crippen molar-refractivity contribution < 1.29 is 14.3 Å². The van der Waals surface area contributed by atoms with Crippen LogP contribution in [-0.4, -0.2) is 33.4 Å². The second kappa shape index (κ2) is 7.71. The van der Waals surface area contributed by atoms with E-state index >= 15 is 0 Å². The Morgan fingerprint density at radius 1 is 1.29 bits per heavy atom. The number of aromatic amines is 1. The van der Waals surface area contributed by atoms with Crippen LogP contribution < -0.4 is 5.56 Å². The number of carbonyl (C=O) groups excluding carboxylic acids is 2. The topological polar surface area (TPSA) is 94.0 Å². The van der Waals surface area contributed by atoms with Crippen LogP contribution in [0, 0.1) is 20.8 Å². The maximum atomic E-state index is 12.8. The van der Waals surface area contributed by atoms with E-state index < -0.39 is 5.97 Å². The Kier molecular flexibility index (Phi) is 5.51. The highest BCUT2D eigenvalue weighted by Gasteiger charge is 2.21. The number of hydrogen-bond acceptors (Lipinski definition) is 6. The van der Waals surface area contributed by atoms with Gasteiger partial charge < -0.3 is 14.3 Å². The van der Waals surface area contributed by atoms with Gasteiger partial charge in [0.15, 0.2) is 5.78 Å². The number of esters is 1. The summed E-state index contributed by atoms with van der Waals surface area (Å²) >= 11 is 1.10. The predicted molar refractivity (Wildman–Crippen MR) is 109 cm³/mol. The first-order valence-corrected chi connectivity index (χ1v) is 9.90. The molecule has 148 valence electrons. The second-order valence-electron chi connectivity index (χ2n) is 6.78. The summed E-state index contributed by atoms with van der Waals surface area (Å²) < 4.78 is 6.88. The van der Waals surface area contributed by atoms with Gasteiger partial charge in [-0.15, -0.1) is 11.3 Å². The number of carbonyl (C=O) groups is 2. The number of aromatic nitrogens is 3. The molecule has 7 nitrogen and oxygen atoms in total. The lowest BCUT2D eigenvalue weighted by molar-refractivity contribution is 0.0605. The lowest BCUT2D eigenvalue weighted by Gasteiger charge is -2.07. The average Bonchev–Trinajstić information content (AvgIpc) is 3.13. The summed E-state index contributed by atoms with van der Waals surface area (Å²) in [5, 5.41) is 0.364. The van der Waals surface area contributed by atoms with Crippen LogP contribution in [0.3, 0.4) is 0 Å². The van der Waals surface area contributed by atoms with Crippen molar-refractivity contribution in [3.63, 3.8) is 0 Å². The van der Waals surface area contributed by atoms with Crippen LogP contribution in [-0.2, 0) is 17.7 Å². The van der Waals surface area contributed by atoms with Gasteiger partial charge in [0, 0.05) is 23.5 Å². The van der Waals surface area contributed by atoms with Gasteiger partial charge in [-0.2, -0.15) is 0 Å². The molecule has 0 saturated heterocycles. The molecule has 3 rings (SSSR count). The van der Waals surface area contributed by atoms with Crippen LogP contribution in [0.1, 0.15) is 56.1 Å². The largest absolute Gasteiger partial charge is 0.465 e. The Labute approximate surface area is 166 Å². The lowest BCUT2D eigenvalue weighted by Crippen LogP contribution is -2.15. The van der Waals surface area contributed by atoms with Crippen LogP contribution in [0.4, 0.5) is 0 Å². The first-order valence-electron chi connectivity index (χ1n) is 9.09. The zero-order valence-corrected chi connectivity index (χ0v) is 17.5. The maximum Gasteiger partial charge on any atom is 0.348 e. The van der Waals surface area contributed by atoms with Crippen molar-refractivity contribution >= 4 is 33.3 Å². The van der Waals surface area contributed by atoms with E-state index in [-0.39, 0.29) is 17.8 Å². The number of thiophene rings is 1. The molecule has 3 aromatic rings. The van der Waals surface area contributed by atoms with Crippen LogP contribution in [0.15, 0.2) is 10.9 Å². The molecule has 0 amide bonds. The van der Waals surface area contributed by atoms with Crippen LogP contribution in [0.2, 0.25) is 0 Å². The summed E-state index contributed by atoms with van der Waals surface area (Å²) in [7, 11) is 1.29. The van der Waals surface area contributed by atoms with Gasteiger partial charge >= 0.3 is 5.97 Å². The quantitative estimate of drug-likeness (QED) is 0.505. The number of aryl methyl sites for hydroxylation is 2. The number of ether oxygens (including phenoxy) is 1. The number of hydrogen-bond donors (Lipinski definition) is 1. The Morgan fingerprint density at radius 2 is 2.00 bits per heavy atom. The van der Waals surface area contributed by atoms with Crippen LogP contribution in [0.5, 0.6) is 0 Å². The van der Waals surface area contributed by atoms with E-state index in [0.29, 0.717) is 32.0 Å². The Balaban J connectivity index is 1.97. The van der Waals surface area contributed by atoms with Gasteiger partial charge in [0.1, 0.15) is 15.5 Å². The standard InChI is InChI=1S/C20H23N3O4S/c1-6-7-23-10(2)8-13(12(23)4)14(24)9-15-21-18(25)16-11(3)17(20(26)27-5)28-19(16)22-15/h8H,6-7,9H2,1-5H3,(H,21,22,25). The Bertz CT molecular complexity index is 1140. The van der Waals surface area contributed by atoms with Gasteiger partial charge in [-0.05, 0) is 38.8 Å². The summed E-state index contributed by atoms with van der Waals surface area (Å²) in [6.07, 6.45) is 0.974. The molecule has 3 heterocycles. The molecule has 0 radical (unpaired) electrons. The molecule has 3 aromatic heterocycles. The summed E-state index contributed by atoms with van der Waals surface area (Å²) in [6.45, 7) is 8.55. The molecule has 0 aliphatic carbocycles. The minimum Gasteiger partial charge on any atom is -0.465 e. The van der Waals surface area contributed by atoms with Crippen molar-refractivity contribution in [2.45, 2.75) is 47.1 Å². The summed E-state index contributed by atoms with van der Waals surface area (Å²) in [4.78, 5) is 45.1. The van der Waals surface area contributed by atoms with Crippen molar-refractivity contribution in [3.8, 4) is 0 Å². The second-order valence-corrected chi connectivity index (χ2v) is 7.78. The molecular formula is C20H23N3O4S. The summed E-state index contributed by atoms with van der Waals surface area (Å²) in [6, 6.07) is 1.88. The van der Waals surface area contributed by atoms with Gasteiger partial charge in [0.2, 0.25) is 0 Å². The van der Waals surface area contributed by atoms with E-state index in [1.165, 1.54) is 7.11 Å². The van der Waals surface area contributed by atoms with Crippen molar-refractivity contribution in [2.24, 2.45) is 0 Å². The van der Waals surface area contributed by atoms with E-state index in [2.05, 4.69) is 21.5 Å². The highest BCUT2D eigenvalue weighted by atomic mass is 32.1. The number of nitrogens with one attached hydrogen (secondary N) is 1. The van der Waals surface area contributed by atoms with E-state index in [0.717, 1.165) is 35.7 Å². The SMILES string of the molecule is CCCn1c(C)cc(C(=O)Cc2nc3sc(C(=O)OC)c(C)c3c(=O)[nH]2)c1C. The number of nitrogens with zero attached hydrogens (tertiary/aromatic N) is 2. The molecule has 0 fully saturated rings. The number of H-pyrrole nitrogens is 1. The monoisotopic (exact) mass is 401 g/mol. The molecule has 28 heavy (non-hydrogen) atoms. The van der Waals surface area contributed by atoms with E-state index in [9.17, 15) is 14.4 Å². The zero-order valence-electron chi connectivity index (χ0n) is 16.6. The van der Waals surface area contributed by atoms with Crippen LogP contribution in [0.25, 0.3) is 10.2 Å². The van der Waals surface area contributed by atoms with Crippen molar-refractivity contribution in [2.75, 3.05) is 7.11 Å². The third kappa shape index (κ3) is 3.40. The minimum absolute atomic E-state index is 0.00783. The van der Waals surface area contributed by atoms with Gasteiger partial charge in [0.05, 0.1) is 18.9 Å². The van der Waals surface area contributed by atoms with E-state index in [1.807, 2.05) is 19.9 Å². The Morgan fingerprint density at radius 3 is 2.64 bits per heavy atom. The van der Waals surface area contributed by atoms with Gasteiger partial charge in [0.25, 0.3) is 5.56 Å².